The van der Waals surface area contributed by atoms with Crippen molar-refractivity contribution in [3.8, 4) is 0 Å². The van der Waals surface area contributed by atoms with Crippen LogP contribution in [0.15, 0.2) is 16.8 Å². The maximum atomic E-state index is 11.8. The zero-order valence-corrected chi connectivity index (χ0v) is 13.6. The predicted molar refractivity (Wildman–Crippen MR) is 85.1 cm³/mol. The third-order valence-electron chi connectivity index (χ3n) is 2.80. The van der Waals surface area contributed by atoms with Crippen molar-refractivity contribution in [2.75, 3.05) is 32.6 Å². The van der Waals surface area contributed by atoms with E-state index in [-0.39, 0.29) is 18.1 Å². The third kappa shape index (κ3) is 5.84. The number of hydrogen-bond acceptors (Lipinski definition) is 4. The van der Waals surface area contributed by atoms with Gasteiger partial charge in [-0.2, -0.15) is 23.1 Å². The molecule has 2 N–H and O–H groups in total. The second kappa shape index (κ2) is 8.45. The number of urea groups is 1. The summed E-state index contributed by atoms with van der Waals surface area (Å²) in [5, 5.41) is 10.1. The molecule has 1 heterocycles. The van der Waals surface area contributed by atoms with Gasteiger partial charge >= 0.3 is 6.03 Å². The molecule has 2 atom stereocenters. The number of likely N-dealkylation sites (N-methyl/N-ethyl adjacent to an activating group) is 1. The average molecular weight is 301 g/mol. The molecule has 0 saturated heterocycles. The number of thioether (sulfide) groups is 1. The van der Waals surface area contributed by atoms with Gasteiger partial charge in [0.2, 0.25) is 0 Å². The topological polar surface area (TPSA) is 44.4 Å². The van der Waals surface area contributed by atoms with Gasteiger partial charge in [-0.05, 0) is 49.7 Å². The summed E-state index contributed by atoms with van der Waals surface area (Å²) < 4.78 is 0. The van der Waals surface area contributed by atoms with Gasteiger partial charge in [-0.25, -0.2) is 4.79 Å². The molecule has 108 valence electrons. The summed E-state index contributed by atoms with van der Waals surface area (Å²) in [6.07, 6.45) is 2.04. The van der Waals surface area contributed by atoms with Crippen molar-refractivity contribution in [1.29, 1.82) is 0 Å². The van der Waals surface area contributed by atoms with E-state index in [1.165, 1.54) is 5.56 Å². The zero-order chi connectivity index (χ0) is 14.3. The molecular formula is C13H23N3OS2. The van der Waals surface area contributed by atoms with Gasteiger partial charge in [0.25, 0.3) is 0 Å². The van der Waals surface area contributed by atoms with Crippen molar-refractivity contribution in [1.82, 2.24) is 15.5 Å². The van der Waals surface area contributed by atoms with Gasteiger partial charge < -0.3 is 15.5 Å². The Morgan fingerprint density at radius 1 is 1.53 bits per heavy atom. The van der Waals surface area contributed by atoms with E-state index in [9.17, 15) is 4.79 Å². The number of nitrogens with one attached hydrogen (secondary N) is 2. The van der Waals surface area contributed by atoms with Gasteiger partial charge in [0.1, 0.15) is 0 Å². The summed E-state index contributed by atoms with van der Waals surface area (Å²) in [6, 6.07) is 2.41. The van der Waals surface area contributed by atoms with Gasteiger partial charge in [0.05, 0.1) is 6.04 Å². The van der Waals surface area contributed by atoms with Crippen molar-refractivity contribution in [3.05, 3.63) is 22.4 Å². The highest BCUT2D eigenvalue weighted by Gasteiger charge is 2.16. The average Bonchev–Trinajstić information content (AvgIpc) is 2.82. The van der Waals surface area contributed by atoms with Gasteiger partial charge in [-0.3, -0.25) is 0 Å². The first kappa shape index (κ1) is 16.3. The van der Waals surface area contributed by atoms with Crippen molar-refractivity contribution in [2.24, 2.45) is 0 Å². The van der Waals surface area contributed by atoms with Crippen LogP contribution in [0.3, 0.4) is 0 Å². The number of rotatable bonds is 7. The van der Waals surface area contributed by atoms with Crippen LogP contribution in [-0.4, -0.2) is 49.6 Å². The fourth-order valence-corrected chi connectivity index (χ4v) is 3.11. The lowest BCUT2D eigenvalue weighted by molar-refractivity contribution is 0.231. The maximum absolute atomic E-state index is 11.8. The van der Waals surface area contributed by atoms with Crippen LogP contribution in [0.25, 0.3) is 0 Å². The Morgan fingerprint density at radius 2 is 2.26 bits per heavy atom. The minimum absolute atomic E-state index is 0.0939. The lowest BCUT2D eigenvalue weighted by atomic mass is 10.1. The first-order valence-electron chi connectivity index (χ1n) is 6.26. The van der Waals surface area contributed by atoms with Crippen molar-refractivity contribution >= 4 is 29.1 Å². The van der Waals surface area contributed by atoms with Gasteiger partial charge in [-0.15, -0.1) is 0 Å². The lowest BCUT2D eigenvalue weighted by Crippen LogP contribution is -2.44. The van der Waals surface area contributed by atoms with Crippen LogP contribution in [-0.2, 0) is 0 Å². The molecule has 0 radical (unpaired) electrons. The van der Waals surface area contributed by atoms with E-state index in [2.05, 4.69) is 32.4 Å². The Bertz CT molecular complexity index is 368. The molecule has 0 fully saturated rings. The number of amides is 2. The van der Waals surface area contributed by atoms with Crippen LogP contribution in [0.2, 0.25) is 0 Å². The molecule has 0 saturated carbocycles. The molecule has 19 heavy (non-hydrogen) atoms. The Kier molecular flexibility index (Phi) is 7.27. The maximum Gasteiger partial charge on any atom is 0.315 e. The molecule has 1 aromatic heterocycles. The first-order valence-corrected chi connectivity index (χ1v) is 8.60. The Labute approximate surface area is 124 Å². The summed E-state index contributed by atoms with van der Waals surface area (Å²) in [5.41, 5.74) is 1.24. The Morgan fingerprint density at radius 3 is 2.79 bits per heavy atom. The van der Waals surface area contributed by atoms with E-state index >= 15 is 0 Å². The molecule has 6 heteroatoms. The number of carbonyl (C=O) groups excluding carboxylic acids is 1. The fraction of sp³-hybridized carbons (Fsp3) is 0.615. The molecule has 1 rings (SSSR count). The SMILES string of the molecule is CSC[C@@H](C)NC(=O)NC[C@H](c1ccsc1)N(C)C. The van der Waals surface area contributed by atoms with E-state index in [0.717, 1.165) is 5.75 Å². The molecule has 0 aliphatic rings. The smallest absolute Gasteiger partial charge is 0.315 e. The third-order valence-corrected chi connectivity index (χ3v) is 4.34. The van der Waals surface area contributed by atoms with Crippen LogP contribution < -0.4 is 10.6 Å². The van der Waals surface area contributed by atoms with Gasteiger partial charge in [0.15, 0.2) is 0 Å². The molecule has 2 amide bonds. The van der Waals surface area contributed by atoms with Crippen molar-refractivity contribution < 1.29 is 4.79 Å². The predicted octanol–water partition coefficient (Wildman–Crippen LogP) is 2.40. The van der Waals surface area contributed by atoms with Gasteiger partial charge in [0, 0.05) is 18.3 Å². The standard InChI is InChI=1S/C13H23N3OS2/c1-10(8-18-4)15-13(17)14-7-12(16(2)3)11-5-6-19-9-11/h5-6,9-10,12H,7-8H2,1-4H3,(H2,14,15,17)/t10-,12-/m1/s1. The van der Waals surface area contributed by atoms with E-state index in [1.807, 2.05) is 27.3 Å². The van der Waals surface area contributed by atoms with Crippen LogP contribution in [0.1, 0.15) is 18.5 Å². The number of carbonyl (C=O) groups is 1. The fourth-order valence-electron chi connectivity index (χ4n) is 1.82. The van der Waals surface area contributed by atoms with E-state index in [4.69, 9.17) is 0 Å². The Hall–Kier alpha value is -0.720. The lowest BCUT2D eigenvalue weighted by Gasteiger charge is -2.24. The van der Waals surface area contributed by atoms with E-state index in [0.29, 0.717) is 6.54 Å². The monoisotopic (exact) mass is 301 g/mol. The van der Waals surface area contributed by atoms with Crippen molar-refractivity contribution in [3.63, 3.8) is 0 Å². The summed E-state index contributed by atoms with van der Waals surface area (Å²) in [4.78, 5) is 13.9. The zero-order valence-electron chi connectivity index (χ0n) is 12.0. The molecule has 0 spiro atoms. The number of hydrogen-bond donors (Lipinski definition) is 2. The molecule has 0 unspecified atom stereocenters. The molecule has 0 aliphatic carbocycles. The second-order valence-corrected chi connectivity index (χ2v) is 6.44. The van der Waals surface area contributed by atoms with Crippen LogP contribution in [0.5, 0.6) is 0 Å². The highest BCUT2D eigenvalue weighted by atomic mass is 32.2. The van der Waals surface area contributed by atoms with Crippen molar-refractivity contribution in [2.45, 2.75) is 19.0 Å². The summed E-state index contributed by atoms with van der Waals surface area (Å²) in [5.74, 6) is 0.926. The first-order chi connectivity index (χ1) is 9.04. The molecule has 4 nitrogen and oxygen atoms in total. The van der Waals surface area contributed by atoms with Crippen LogP contribution >= 0.6 is 23.1 Å². The van der Waals surface area contributed by atoms with Gasteiger partial charge in [-0.1, -0.05) is 0 Å². The van der Waals surface area contributed by atoms with Crippen LogP contribution in [0.4, 0.5) is 4.79 Å². The van der Waals surface area contributed by atoms with E-state index < -0.39 is 0 Å². The summed E-state index contributed by atoms with van der Waals surface area (Å²) >= 11 is 3.41. The highest BCUT2D eigenvalue weighted by Crippen LogP contribution is 2.19. The highest BCUT2D eigenvalue weighted by molar-refractivity contribution is 7.98. The summed E-state index contributed by atoms with van der Waals surface area (Å²) in [7, 11) is 4.05. The molecule has 0 aromatic carbocycles. The second-order valence-electron chi connectivity index (χ2n) is 4.75. The van der Waals surface area contributed by atoms with E-state index in [1.54, 1.807) is 23.1 Å². The minimum Gasteiger partial charge on any atom is -0.336 e. The molecular weight excluding hydrogens is 278 g/mol. The molecule has 0 aliphatic heterocycles. The summed E-state index contributed by atoms with van der Waals surface area (Å²) in [6.45, 7) is 2.62. The van der Waals surface area contributed by atoms with Crippen LogP contribution in [0, 0.1) is 0 Å². The quantitative estimate of drug-likeness (QED) is 0.813. The normalized spacial score (nSPS) is 14.2. The molecule has 0 bridgehead atoms. The minimum atomic E-state index is -0.0939. The molecule has 1 aromatic rings. The Balaban J connectivity index is 2.42. The largest absolute Gasteiger partial charge is 0.336 e. The number of nitrogens with zero attached hydrogens (tertiary/aromatic N) is 1. The number of thiophene rings is 1.